The fraction of sp³-hybridized carbons (Fsp3) is 0.118. The van der Waals surface area contributed by atoms with Crippen LogP contribution in [0.1, 0.15) is 16.1 Å². The van der Waals surface area contributed by atoms with Crippen LogP contribution in [0.3, 0.4) is 0 Å². The molecule has 0 unspecified atom stereocenters. The summed E-state index contributed by atoms with van der Waals surface area (Å²) in [5, 5.41) is 11.1. The van der Waals surface area contributed by atoms with Crippen molar-refractivity contribution in [3.8, 4) is 17.2 Å². The molecule has 0 fully saturated rings. The van der Waals surface area contributed by atoms with Crippen molar-refractivity contribution in [1.82, 2.24) is 20.3 Å². The van der Waals surface area contributed by atoms with Gasteiger partial charge in [0.15, 0.2) is 23.0 Å². The van der Waals surface area contributed by atoms with E-state index in [0.717, 1.165) is 5.56 Å². The molecular weight excluding hydrogens is 358 g/mol. The molecule has 4 rings (SSSR count). The number of fused-ring (bicyclic) bond motifs is 1. The summed E-state index contributed by atoms with van der Waals surface area (Å²) in [5.41, 5.74) is 7.56. The number of benzene rings is 2. The number of nitrogens with one attached hydrogen (secondary N) is 1. The van der Waals surface area contributed by atoms with Gasteiger partial charge in [0.25, 0.3) is 5.91 Å². The van der Waals surface area contributed by atoms with E-state index in [9.17, 15) is 4.79 Å². The molecule has 0 saturated heterocycles. The quantitative estimate of drug-likeness (QED) is 0.728. The van der Waals surface area contributed by atoms with E-state index in [-0.39, 0.29) is 18.3 Å². The van der Waals surface area contributed by atoms with Crippen molar-refractivity contribution in [2.24, 2.45) is 0 Å². The minimum Gasteiger partial charge on any atom is -0.454 e. The Bertz CT molecular complexity index is 988. The fourth-order valence-electron chi connectivity index (χ4n) is 2.57. The second kappa shape index (κ2) is 6.57. The number of hydrogen-bond donors (Lipinski definition) is 2. The van der Waals surface area contributed by atoms with Crippen LogP contribution < -0.4 is 20.5 Å². The van der Waals surface area contributed by atoms with Crippen LogP contribution in [0.4, 0.5) is 5.82 Å². The van der Waals surface area contributed by atoms with Gasteiger partial charge < -0.3 is 20.5 Å². The smallest absolute Gasteiger partial charge is 0.275 e. The van der Waals surface area contributed by atoms with Gasteiger partial charge in [0, 0.05) is 11.6 Å². The Labute approximate surface area is 153 Å². The average Bonchev–Trinajstić information content (AvgIpc) is 3.25. The predicted octanol–water partition coefficient (Wildman–Crippen LogP) is 2.16. The molecule has 0 saturated carbocycles. The van der Waals surface area contributed by atoms with E-state index in [1.54, 1.807) is 30.3 Å². The number of carbonyl (C=O) groups excluding carboxylic acids is 1. The lowest BCUT2D eigenvalue weighted by atomic mass is 10.2. The summed E-state index contributed by atoms with van der Waals surface area (Å²) in [6.45, 7) is 0.493. The number of halogens is 1. The first-order valence-corrected chi connectivity index (χ1v) is 8.13. The summed E-state index contributed by atoms with van der Waals surface area (Å²) < 4.78 is 11.9. The SMILES string of the molecule is Nc1c(C(=O)NCc2ccc3c(c2)OCO3)nnn1-c1cccc(Cl)c1. The monoisotopic (exact) mass is 371 g/mol. The maximum Gasteiger partial charge on any atom is 0.275 e. The van der Waals surface area contributed by atoms with E-state index in [2.05, 4.69) is 15.6 Å². The molecule has 2 heterocycles. The van der Waals surface area contributed by atoms with Crippen molar-refractivity contribution >= 4 is 23.3 Å². The van der Waals surface area contributed by atoms with Crippen LogP contribution in [0.25, 0.3) is 5.69 Å². The summed E-state index contributed by atoms with van der Waals surface area (Å²) in [4.78, 5) is 12.4. The lowest BCUT2D eigenvalue weighted by molar-refractivity contribution is 0.0946. The van der Waals surface area contributed by atoms with Gasteiger partial charge >= 0.3 is 0 Å². The summed E-state index contributed by atoms with van der Waals surface area (Å²) in [6.07, 6.45) is 0. The van der Waals surface area contributed by atoms with Gasteiger partial charge in [-0.2, -0.15) is 4.68 Å². The highest BCUT2D eigenvalue weighted by atomic mass is 35.5. The lowest BCUT2D eigenvalue weighted by Gasteiger charge is -2.06. The number of rotatable bonds is 4. The zero-order chi connectivity index (χ0) is 18.1. The van der Waals surface area contributed by atoms with Crippen molar-refractivity contribution < 1.29 is 14.3 Å². The molecule has 9 heteroatoms. The molecule has 0 bridgehead atoms. The summed E-state index contributed by atoms with van der Waals surface area (Å²) >= 11 is 5.97. The van der Waals surface area contributed by atoms with Crippen molar-refractivity contribution in [3.63, 3.8) is 0 Å². The molecule has 0 atom stereocenters. The third-order valence-corrected chi connectivity index (χ3v) is 4.10. The second-order valence-corrected chi connectivity index (χ2v) is 6.02. The van der Waals surface area contributed by atoms with E-state index in [1.165, 1.54) is 4.68 Å². The Morgan fingerprint density at radius 3 is 2.92 bits per heavy atom. The molecule has 0 spiro atoms. The molecule has 1 aliphatic heterocycles. The Kier molecular flexibility index (Phi) is 4.10. The van der Waals surface area contributed by atoms with Crippen LogP contribution in [-0.2, 0) is 6.54 Å². The van der Waals surface area contributed by atoms with Crippen LogP contribution in [0, 0.1) is 0 Å². The van der Waals surface area contributed by atoms with Crippen LogP contribution >= 0.6 is 11.6 Å². The Morgan fingerprint density at radius 1 is 1.23 bits per heavy atom. The van der Waals surface area contributed by atoms with Gasteiger partial charge in [-0.1, -0.05) is 28.9 Å². The van der Waals surface area contributed by atoms with Crippen LogP contribution in [0.5, 0.6) is 11.5 Å². The number of hydrogen-bond acceptors (Lipinski definition) is 6. The first-order chi connectivity index (χ1) is 12.6. The van der Waals surface area contributed by atoms with E-state index in [0.29, 0.717) is 28.8 Å². The minimum absolute atomic E-state index is 0.0470. The first kappa shape index (κ1) is 16.2. The number of ether oxygens (including phenoxy) is 2. The predicted molar refractivity (Wildman–Crippen MR) is 94.5 cm³/mol. The van der Waals surface area contributed by atoms with Gasteiger partial charge in [-0.15, -0.1) is 5.10 Å². The maximum atomic E-state index is 12.4. The molecule has 0 radical (unpaired) electrons. The highest BCUT2D eigenvalue weighted by Crippen LogP contribution is 2.32. The van der Waals surface area contributed by atoms with E-state index >= 15 is 0 Å². The molecule has 132 valence electrons. The topological polar surface area (TPSA) is 104 Å². The number of nitrogens with zero attached hydrogens (tertiary/aromatic N) is 3. The standard InChI is InChI=1S/C17H14ClN5O3/c18-11-2-1-3-12(7-11)23-16(19)15(21-22-23)17(24)20-8-10-4-5-13-14(6-10)26-9-25-13/h1-7H,8-9,19H2,(H,20,24). The van der Waals surface area contributed by atoms with Crippen LogP contribution in [0.2, 0.25) is 5.02 Å². The Balaban J connectivity index is 1.49. The number of amides is 1. The molecule has 1 amide bonds. The molecule has 1 aromatic heterocycles. The van der Waals surface area contributed by atoms with Gasteiger partial charge in [-0.3, -0.25) is 4.79 Å². The van der Waals surface area contributed by atoms with Crippen molar-refractivity contribution in [1.29, 1.82) is 0 Å². The summed E-state index contributed by atoms with van der Waals surface area (Å²) in [6, 6.07) is 12.4. The zero-order valence-corrected chi connectivity index (χ0v) is 14.2. The van der Waals surface area contributed by atoms with Crippen molar-refractivity contribution in [2.45, 2.75) is 6.54 Å². The Morgan fingerprint density at radius 2 is 2.08 bits per heavy atom. The third-order valence-electron chi connectivity index (χ3n) is 3.86. The van der Waals surface area contributed by atoms with Gasteiger partial charge in [-0.05, 0) is 35.9 Å². The lowest BCUT2D eigenvalue weighted by Crippen LogP contribution is -2.24. The van der Waals surface area contributed by atoms with Gasteiger partial charge in [0.1, 0.15) is 0 Å². The zero-order valence-electron chi connectivity index (χ0n) is 13.5. The molecule has 8 nitrogen and oxygen atoms in total. The number of carbonyl (C=O) groups is 1. The number of nitrogens with two attached hydrogens (primary N) is 1. The van der Waals surface area contributed by atoms with Crippen molar-refractivity contribution in [3.05, 3.63) is 58.7 Å². The maximum absolute atomic E-state index is 12.4. The van der Waals surface area contributed by atoms with E-state index in [1.807, 2.05) is 12.1 Å². The Hall–Kier alpha value is -3.26. The number of aromatic nitrogens is 3. The molecule has 0 aliphatic carbocycles. The van der Waals surface area contributed by atoms with Crippen molar-refractivity contribution in [2.75, 3.05) is 12.5 Å². The van der Waals surface area contributed by atoms with Gasteiger partial charge in [0.2, 0.25) is 6.79 Å². The summed E-state index contributed by atoms with van der Waals surface area (Å²) in [5.74, 6) is 1.06. The molecule has 3 aromatic rings. The number of nitrogen functional groups attached to an aromatic ring is 1. The second-order valence-electron chi connectivity index (χ2n) is 5.59. The molecule has 26 heavy (non-hydrogen) atoms. The van der Waals surface area contributed by atoms with Crippen LogP contribution in [-0.4, -0.2) is 27.7 Å². The molecule has 3 N–H and O–H groups in total. The van der Waals surface area contributed by atoms with E-state index in [4.69, 9.17) is 26.8 Å². The first-order valence-electron chi connectivity index (χ1n) is 7.75. The molecule has 1 aliphatic rings. The highest BCUT2D eigenvalue weighted by molar-refractivity contribution is 6.30. The normalized spacial score (nSPS) is 12.2. The minimum atomic E-state index is -0.423. The molecular formula is C17H14ClN5O3. The van der Waals surface area contributed by atoms with Gasteiger partial charge in [0.05, 0.1) is 5.69 Å². The third kappa shape index (κ3) is 3.02. The number of anilines is 1. The largest absolute Gasteiger partial charge is 0.454 e. The summed E-state index contributed by atoms with van der Waals surface area (Å²) in [7, 11) is 0. The van der Waals surface area contributed by atoms with Gasteiger partial charge in [-0.25, -0.2) is 0 Å². The fourth-order valence-corrected chi connectivity index (χ4v) is 2.75. The van der Waals surface area contributed by atoms with Crippen LogP contribution in [0.15, 0.2) is 42.5 Å². The highest BCUT2D eigenvalue weighted by Gasteiger charge is 2.19. The molecule has 2 aromatic carbocycles. The van der Waals surface area contributed by atoms with E-state index < -0.39 is 5.91 Å². The average molecular weight is 372 g/mol.